The first-order chi connectivity index (χ1) is 14.8. The molecule has 3 rings (SSSR count). The quantitative estimate of drug-likeness (QED) is 0.369. The van der Waals surface area contributed by atoms with Gasteiger partial charge in [0.15, 0.2) is 17.5 Å². The molecule has 31 heavy (non-hydrogen) atoms. The molecule has 2 aliphatic heterocycles. The highest BCUT2D eigenvalue weighted by atomic mass is 16.5. The van der Waals surface area contributed by atoms with Crippen molar-refractivity contribution in [1.82, 2.24) is 9.80 Å². The number of carbonyl (C=O) groups is 2. The van der Waals surface area contributed by atoms with Gasteiger partial charge in [0.2, 0.25) is 0 Å². The monoisotopic (exact) mass is 428 g/mol. The number of piperidine rings is 1. The van der Waals surface area contributed by atoms with Crippen LogP contribution in [-0.4, -0.2) is 84.6 Å². The maximum Gasteiger partial charge on any atom is 0.270 e. The average molecular weight is 428 g/mol. The summed E-state index contributed by atoms with van der Waals surface area (Å²) in [6.07, 6.45) is 1.77. The second-order valence-electron chi connectivity index (χ2n) is 7.44. The number of hydrogen-bond acceptors (Lipinski definition) is 6. The number of nitrogens with two attached hydrogens (primary N) is 3. The first kappa shape index (κ1) is 22.4. The number of morpholine rings is 1. The van der Waals surface area contributed by atoms with Crippen molar-refractivity contribution in [3.05, 3.63) is 29.8 Å². The second kappa shape index (κ2) is 10.1. The number of ether oxygens (including phenoxy) is 1. The first-order valence-electron chi connectivity index (χ1n) is 10.1. The summed E-state index contributed by atoms with van der Waals surface area (Å²) in [7, 11) is 0. The lowest BCUT2D eigenvalue weighted by Gasteiger charge is -2.31. The van der Waals surface area contributed by atoms with E-state index in [1.54, 1.807) is 34.1 Å². The smallest absolute Gasteiger partial charge is 0.270 e. The Balaban J connectivity index is 1.81. The van der Waals surface area contributed by atoms with E-state index in [9.17, 15) is 9.59 Å². The molecule has 2 aliphatic rings. The summed E-state index contributed by atoms with van der Waals surface area (Å²) in [6, 6.07) is 6.49. The van der Waals surface area contributed by atoms with Crippen molar-refractivity contribution in [2.24, 2.45) is 27.2 Å². The number of primary amides is 1. The zero-order valence-electron chi connectivity index (χ0n) is 17.3. The van der Waals surface area contributed by atoms with Gasteiger partial charge in [-0.15, -0.1) is 0 Å². The van der Waals surface area contributed by atoms with Crippen LogP contribution >= 0.6 is 0 Å². The maximum atomic E-state index is 12.6. The molecule has 0 radical (unpaired) electrons. The topological polar surface area (TPSA) is 176 Å². The van der Waals surface area contributed by atoms with Crippen molar-refractivity contribution >= 4 is 35.0 Å². The van der Waals surface area contributed by atoms with Crippen LogP contribution in [0.5, 0.6) is 0 Å². The molecule has 2 amide bonds. The molecule has 2 saturated heterocycles. The summed E-state index contributed by atoms with van der Waals surface area (Å²) in [5.41, 5.74) is 17.7. The number of aliphatic imine (C=N–C) groups is 2. The summed E-state index contributed by atoms with van der Waals surface area (Å²) in [5, 5.41) is 7.96. The summed E-state index contributed by atoms with van der Waals surface area (Å²) in [5.74, 6) is -1.13. The molecule has 1 unspecified atom stereocenters. The molecular formula is C20H28N8O3. The number of likely N-dealkylation sites (tertiary alicyclic amines) is 1. The molecular weight excluding hydrogens is 400 g/mol. The number of benzene rings is 1. The van der Waals surface area contributed by atoms with Gasteiger partial charge in [0.05, 0.1) is 18.9 Å². The number of guanidine groups is 1. The number of nitrogens with zero attached hydrogens (tertiary/aromatic N) is 4. The minimum absolute atomic E-state index is 0.0185. The predicted octanol–water partition coefficient (Wildman–Crippen LogP) is -0.568. The summed E-state index contributed by atoms with van der Waals surface area (Å²) < 4.78 is 5.27. The van der Waals surface area contributed by atoms with Gasteiger partial charge in [-0.1, -0.05) is 0 Å². The lowest BCUT2D eigenvalue weighted by molar-refractivity contribution is -0.111. The maximum absolute atomic E-state index is 12.6. The molecule has 0 bridgehead atoms. The number of amides is 2. The molecule has 0 saturated carbocycles. The lowest BCUT2D eigenvalue weighted by atomic mass is 10.1. The van der Waals surface area contributed by atoms with E-state index >= 15 is 0 Å². The largest absolute Gasteiger partial charge is 0.378 e. The van der Waals surface area contributed by atoms with Gasteiger partial charge >= 0.3 is 0 Å². The molecule has 0 spiro atoms. The van der Waals surface area contributed by atoms with Crippen LogP contribution in [0, 0.1) is 5.41 Å². The van der Waals surface area contributed by atoms with Crippen LogP contribution in [0.3, 0.4) is 0 Å². The number of amidine groups is 1. The lowest BCUT2D eigenvalue weighted by Crippen LogP contribution is -2.49. The fourth-order valence-electron chi connectivity index (χ4n) is 3.39. The van der Waals surface area contributed by atoms with Crippen molar-refractivity contribution in [3.8, 4) is 0 Å². The Kier molecular flexibility index (Phi) is 7.32. The third-order valence-corrected chi connectivity index (χ3v) is 5.12. The summed E-state index contributed by atoms with van der Waals surface area (Å²) in [4.78, 5) is 36.1. The van der Waals surface area contributed by atoms with E-state index < -0.39 is 11.6 Å². The molecule has 11 nitrogen and oxygen atoms in total. The molecule has 2 heterocycles. The number of nitrogens with one attached hydrogen (secondary N) is 1. The molecule has 11 heteroatoms. The molecule has 166 valence electrons. The van der Waals surface area contributed by atoms with Gasteiger partial charge in [-0.25, -0.2) is 4.99 Å². The van der Waals surface area contributed by atoms with Crippen molar-refractivity contribution in [2.75, 3.05) is 39.4 Å². The number of rotatable bonds is 4. The SMILES string of the molecule is N=C(C(N)=O)C(=Nc1ccc(C(=O)N2CCOCC2)cc1)N=C(N)N1CCCC(N)C1. The zero-order valence-corrected chi connectivity index (χ0v) is 17.3. The van der Waals surface area contributed by atoms with Gasteiger partial charge in [0, 0.05) is 37.8 Å². The second-order valence-corrected chi connectivity index (χ2v) is 7.44. The van der Waals surface area contributed by atoms with Crippen molar-refractivity contribution < 1.29 is 14.3 Å². The van der Waals surface area contributed by atoms with Gasteiger partial charge in [-0.05, 0) is 37.1 Å². The number of carbonyl (C=O) groups excluding carboxylic acids is 2. The summed E-state index contributed by atoms with van der Waals surface area (Å²) >= 11 is 0. The fourth-order valence-corrected chi connectivity index (χ4v) is 3.39. The van der Waals surface area contributed by atoms with E-state index in [0.29, 0.717) is 50.6 Å². The third kappa shape index (κ3) is 5.86. The third-order valence-electron chi connectivity index (χ3n) is 5.12. The highest BCUT2D eigenvalue weighted by molar-refractivity contribution is 6.66. The van der Waals surface area contributed by atoms with Crippen molar-refractivity contribution in [2.45, 2.75) is 18.9 Å². The Bertz CT molecular complexity index is 890. The molecule has 1 atom stereocenters. The summed E-state index contributed by atoms with van der Waals surface area (Å²) in [6.45, 7) is 3.35. The van der Waals surface area contributed by atoms with Crippen LogP contribution in [0.15, 0.2) is 34.3 Å². The van der Waals surface area contributed by atoms with Gasteiger partial charge in [-0.3, -0.25) is 15.0 Å². The van der Waals surface area contributed by atoms with E-state index in [1.807, 2.05) is 0 Å². The molecule has 7 N–H and O–H groups in total. The van der Waals surface area contributed by atoms with Crippen molar-refractivity contribution in [1.29, 1.82) is 5.41 Å². The fraction of sp³-hybridized carbons (Fsp3) is 0.450. The van der Waals surface area contributed by atoms with Gasteiger partial charge in [0.25, 0.3) is 11.8 Å². The van der Waals surface area contributed by atoms with Gasteiger partial charge in [-0.2, -0.15) is 4.99 Å². The zero-order chi connectivity index (χ0) is 22.4. The van der Waals surface area contributed by atoms with Crippen LogP contribution < -0.4 is 17.2 Å². The Hall–Kier alpha value is -3.31. The minimum Gasteiger partial charge on any atom is -0.378 e. The Labute approximate surface area is 180 Å². The highest BCUT2D eigenvalue weighted by Crippen LogP contribution is 2.16. The highest BCUT2D eigenvalue weighted by Gasteiger charge is 2.21. The van der Waals surface area contributed by atoms with Crippen LogP contribution in [-0.2, 0) is 9.53 Å². The number of hydrogen-bond donors (Lipinski definition) is 4. The van der Waals surface area contributed by atoms with E-state index in [4.69, 9.17) is 27.3 Å². The van der Waals surface area contributed by atoms with Gasteiger partial charge in [0.1, 0.15) is 0 Å². The Morgan fingerprint density at radius 1 is 1.06 bits per heavy atom. The van der Waals surface area contributed by atoms with Crippen LogP contribution in [0.1, 0.15) is 23.2 Å². The van der Waals surface area contributed by atoms with E-state index in [1.165, 1.54) is 0 Å². The van der Waals surface area contributed by atoms with Crippen LogP contribution in [0.4, 0.5) is 5.69 Å². The normalized spacial score (nSPS) is 20.5. The van der Waals surface area contributed by atoms with Crippen LogP contribution in [0.2, 0.25) is 0 Å². The average Bonchev–Trinajstić information content (AvgIpc) is 2.78. The van der Waals surface area contributed by atoms with Crippen LogP contribution in [0.25, 0.3) is 0 Å². The Morgan fingerprint density at radius 3 is 2.35 bits per heavy atom. The Morgan fingerprint density at radius 2 is 1.74 bits per heavy atom. The standard InChI is InChI=1S/C20H28N8O3/c21-14-2-1-7-28(12-14)20(24)26-18(16(22)17(23)29)25-15-5-3-13(4-6-15)19(30)27-8-10-31-11-9-27/h3-6,14,22H,1-2,7-12,21H2,(H2,23,29)(H2,24,25,26). The van der Waals surface area contributed by atoms with E-state index in [-0.39, 0.29) is 23.7 Å². The first-order valence-corrected chi connectivity index (χ1v) is 10.1. The molecule has 1 aromatic rings. The molecule has 0 aromatic heterocycles. The van der Waals surface area contributed by atoms with E-state index in [2.05, 4.69) is 9.98 Å². The van der Waals surface area contributed by atoms with Gasteiger partial charge < -0.3 is 31.7 Å². The minimum atomic E-state index is -0.968. The predicted molar refractivity (Wildman–Crippen MR) is 118 cm³/mol. The molecule has 1 aromatic carbocycles. The van der Waals surface area contributed by atoms with Crippen molar-refractivity contribution in [3.63, 3.8) is 0 Å². The van der Waals surface area contributed by atoms with E-state index in [0.717, 1.165) is 12.8 Å². The molecule has 2 fully saturated rings. The molecule has 0 aliphatic carbocycles.